The Morgan fingerprint density at radius 3 is 2.48 bits per heavy atom. The maximum atomic E-state index is 12.9. The smallest absolute Gasteiger partial charge is 0.413 e. The molecule has 3 atom stereocenters. The third-order valence-electron chi connectivity index (χ3n) is 4.71. The van der Waals surface area contributed by atoms with Crippen LogP contribution in [0.15, 0.2) is 24.3 Å². The average Bonchev–Trinajstić information content (AvgIpc) is 2.62. The van der Waals surface area contributed by atoms with E-state index in [1.54, 1.807) is 24.3 Å². The summed E-state index contributed by atoms with van der Waals surface area (Å²) >= 11 is 6.34. The summed E-state index contributed by atoms with van der Waals surface area (Å²) in [5, 5.41) is 9.58. The number of carbonyl (C=O) groups is 3. The summed E-state index contributed by atoms with van der Waals surface area (Å²) < 4.78 is 10.00. The average molecular weight is 398 g/mol. The first-order valence-electron chi connectivity index (χ1n) is 8.81. The fraction of sp³-hybridized carbons (Fsp3) is 0.526. The minimum atomic E-state index is -1.33. The normalized spacial score (nSPS) is 21.9. The molecular formula is C19H24ClNO6. The van der Waals surface area contributed by atoms with Crippen LogP contribution in [-0.2, 0) is 24.6 Å². The molecule has 0 aromatic heterocycles. The first kappa shape index (κ1) is 21.2. The number of benzene rings is 1. The molecule has 1 saturated carbocycles. The molecule has 0 saturated heterocycles. The second-order valence-corrected chi connectivity index (χ2v) is 7.00. The zero-order chi connectivity index (χ0) is 20.2. The Morgan fingerprint density at radius 1 is 1.22 bits per heavy atom. The zero-order valence-corrected chi connectivity index (χ0v) is 16.4. The molecule has 0 spiro atoms. The predicted octanol–water partition coefficient (Wildman–Crippen LogP) is 3.02. The van der Waals surface area contributed by atoms with Gasteiger partial charge in [0.05, 0.1) is 0 Å². The fourth-order valence-corrected chi connectivity index (χ4v) is 3.58. The molecule has 1 N–H and O–H groups in total. The van der Waals surface area contributed by atoms with Crippen molar-refractivity contribution in [2.24, 2.45) is 0 Å². The predicted molar refractivity (Wildman–Crippen MR) is 98.1 cm³/mol. The number of carbonyl (C=O) groups excluding carboxylic acids is 3. The summed E-state index contributed by atoms with van der Waals surface area (Å²) in [7, 11) is 1.47. The Kier molecular flexibility index (Phi) is 6.84. The third-order valence-corrected chi connectivity index (χ3v) is 5.04. The Labute approximate surface area is 163 Å². The van der Waals surface area contributed by atoms with Crippen LogP contribution in [0.1, 0.15) is 45.1 Å². The van der Waals surface area contributed by atoms with Crippen LogP contribution in [0.4, 0.5) is 4.79 Å². The second-order valence-electron chi connectivity index (χ2n) is 6.59. The number of rotatable bonds is 5. The molecule has 1 aromatic rings. The fourth-order valence-electron chi connectivity index (χ4n) is 3.29. The Bertz CT molecular complexity index is 722. The van der Waals surface area contributed by atoms with E-state index in [9.17, 15) is 19.5 Å². The summed E-state index contributed by atoms with van der Waals surface area (Å²) in [6.07, 6.45) is -1.13. The van der Waals surface area contributed by atoms with Crippen LogP contribution in [0.3, 0.4) is 0 Å². The Morgan fingerprint density at radius 2 is 1.89 bits per heavy atom. The molecule has 8 heteroatoms. The highest BCUT2D eigenvalue weighted by Gasteiger charge is 2.48. The van der Waals surface area contributed by atoms with E-state index in [4.69, 9.17) is 21.1 Å². The molecule has 2 rings (SSSR count). The number of hydrogen-bond donors (Lipinski definition) is 1. The standard InChI is InChI=1S/C19H24ClNO6/c1-12(22)17(24)26-13(2)27-18(25)21(3)19(11-7-6-10-16(19)23)14-8-4-5-9-15(14)20/h4-5,8-9,12-13,22H,6-7,10-11H2,1-3H3/t12-,13?,19+/m1/s1. The SMILES string of the molecule is CC(OC(=O)[C@@H](C)O)OC(=O)N(C)[C@]1(c2ccccc2Cl)CCCCC1=O. The number of ether oxygens (including phenoxy) is 2. The van der Waals surface area contributed by atoms with Crippen LogP contribution in [0.2, 0.25) is 5.02 Å². The number of halogens is 1. The van der Waals surface area contributed by atoms with E-state index in [0.717, 1.165) is 12.8 Å². The lowest BCUT2D eigenvalue weighted by Gasteiger charge is -2.43. The van der Waals surface area contributed by atoms with Crippen molar-refractivity contribution < 1.29 is 29.0 Å². The quantitative estimate of drug-likeness (QED) is 0.606. The van der Waals surface area contributed by atoms with Crippen molar-refractivity contribution in [2.45, 2.75) is 57.5 Å². The van der Waals surface area contributed by atoms with Gasteiger partial charge in [0.2, 0.25) is 6.29 Å². The van der Waals surface area contributed by atoms with Gasteiger partial charge in [0.15, 0.2) is 5.78 Å². The van der Waals surface area contributed by atoms with E-state index in [2.05, 4.69) is 0 Å². The molecule has 1 aliphatic rings. The largest absolute Gasteiger partial charge is 0.423 e. The van der Waals surface area contributed by atoms with Crippen molar-refractivity contribution >= 4 is 29.4 Å². The molecule has 148 valence electrons. The van der Waals surface area contributed by atoms with Crippen LogP contribution in [0, 0.1) is 0 Å². The van der Waals surface area contributed by atoms with E-state index in [0.29, 0.717) is 23.4 Å². The van der Waals surface area contributed by atoms with Gasteiger partial charge in [0, 0.05) is 31.0 Å². The highest BCUT2D eigenvalue weighted by atomic mass is 35.5. The molecule has 0 radical (unpaired) electrons. The van der Waals surface area contributed by atoms with Gasteiger partial charge in [-0.1, -0.05) is 29.8 Å². The van der Waals surface area contributed by atoms with Crippen LogP contribution in [-0.4, -0.2) is 47.3 Å². The van der Waals surface area contributed by atoms with Gasteiger partial charge in [-0.3, -0.25) is 9.69 Å². The number of aliphatic hydroxyl groups is 1. The summed E-state index contributed by atoms with van der Waals surface area (Å²) in [6, 6.07) is 6.92. The number of Topliss-reactive ketones (excluding diaryl/α,β-unsaturated/α-hetero) is 1. The van der Waals surface area contributed by atoms with Crippen LogP contribution in [0.25, 0.3) is 0 Å². The summed E-state index contributed by atoms with van der Waals surface area (Å²) in [4.78, 5) is 38.3. The number of amides is 1. The third kappa shape index (κ3) is 4.42. The van der Waals surface area contributed by atoms with E-state index in [1.807, 2.05) is 0 Å². The monoisotopic (exact) mass is 397 g/mol. The zero-order valence-electron chi connectivity index (χ0n) is 15.6. The van der Waals surface area contributed by atoms with Crippen molar-refractivity contribution in [2.75, 3.05) is 7.05 Å². The van der Waals surface area contributed by atoms with Gasteiger partial charge in [-0.05, 0) is 32.3 Å². The molecule has 7 nitrogen and oxygen atoms in total. The maximum Gasteiger partial charge on any atom is 0.413 e. The van der Waals surface area contributed by atoms with E-state index in [-0.39, 0.29) is 5.78 Å². The van der Waals surface area contributed by atoms with Crippen molar-refractivity contribution in [3.05, 3.63) is 34.9 Å². The molecule has 1 aromatic carbocycles. The topological polar surface area (TPSA) is 93.1 Å². The van der Waals surface area contributed by atoms with Gasteiger partial charge in [0.1, 0.15) is 11.6 Å². The van der Waals surface area contributed by atoms with Gasteiger partial charge in [-0.25, -0.2) is 9.59 Å². The van der Waals surface area contributed by atoms with Gasteiger partial charge in [0.25, 0.3) is 0 Å². The van der Waals surface area contributed by atoms with E-state index in [1.165, 1.54) is 25.8 Å². The van der Waals surface area contributed by atoms with Crippen molar-refractivity contribution in [3.8, 4) is 0 Å². The number of nitrogens with zero attached hydrogens (tertiary/aromatic N) is 1. The lowest BCUT2D eigenvalue weighted by atomic mass is 9.74. The van der Waals surface area contributed by atoms with Gasteiger partial charge >= 0.3 is 12.1 Å². The van der Waals surface area contributed by atoms with E-state index < -0.39 is 30.0 Å². The van der Waals surface area contributed by atoms with Crippen molar-refractivity contribution in [1.29, 1.82) is 0 Å². The van der Waals surface area contributed by atoms with Gasteiger partial charge in [-0.2, -0.15) is 0 Å². The highest BCUT2D eigenvalue weighted by molar-refractivity contribution is 6.31. The minimum Gasteiger partial charge on any atom is -0.423 e. The number of aliphatic hydroxyl groups excluding tert-OH is 1. The van der Waals surface area contributed by atoms with Gasteiger partial charge < -0.3 is 14.6 Å². The Balaban J connectivity index is 2.28. The second kappa shape index (κ2) is 8.71. The number of ketones is 1. The molecule has 1 unspecified atom stereocenters. The first-order chi connectivity index (χ1) is 12.7. The summed E-state index contributed by atoms with van der Waals surface area (Å²) in [6.45, 7) is 2.60. The molecule has 1 fully saturated rings. The van der Waals surface area contributed by atoms with Gasteiger partial charge in [-0.15, -0.1) is 0 Å². The summed E-state index contributed by atoms with van der Waals surface area (Å²) in [5.74, 6) is -1.03. The maximum absolute atomic E-state index is 12.9. The molecule has 0 bridgehead atoms. The lowest BCUT2D eigenvalue weighted by Crippen LogP contribution is -2.54. The number of esters is 1. The lowest BCUT2D eigenvalue weighted by molar-refractivity contribution is -0.176. The molecule has 27 heavy (non-hydrogen) atoms. The molecule has 1 amide bonds. The molecular weight excluding hydrogens is 374 g/mol. The van der Waals surface area contributed by atoms with Crippen molar-refractivity contribution in [3.63, 3.8) is 0 Å². The van der Waals surface area contributed by atoms with Crippen molar-refractivity contribution in [1.82, 2.24) is 4.90 Å². The van der Waals surface area contributed by atoms with Crippen LogP contribution >= 0.6 is 11.6 Å². The highest BCUT2D eigenvalue weighted by Crippen LogP contribution is 2.42. The molecule has 1 aliphatic carbocycles. The minimum absolute atomic E-state index is 0.116. The molecule has 0 heterocycles. The number of likely N-dealkylation sites (N-methyl/N-ethyl adjacent to an activating group) is 1. The molecule has 0 aliphatic heterocycles. The Hall–Kier alpha value is -2.12. The van der Waals surface area contributed by atoms with Crippen LogP contribution in [0.5, 0.6) is 0 Å². The van der Waals surface area contributed by atoms with Crippen LogP contribution < -0.4 is 0 Å². The number of hydrogen-bond acceptors (Lipinski definition) is 6. The van der Waals surface area contributed by atoms with E-state index >= 15 is 0 Å². The first-order valence-corrected chi connectivity index (χ1v) is 9.19. The summed E-state index contributed by atoms with van der Waals surface area (Å²) in [5.41, 5.74) is -0.689.